The number of nitrogens with zero attached hydrogens (tertiary/aromatic N) is 3. The summed E-state index contributed by atoms with van der Waals surface area (Å²) in [5, 5.41) is 10.8. The van der Waals surface area contributed by atoms with Crippen molar-refractivity contribution in [1.29, 1.82) is 0 Å². The summed E-state index contributed by atoms with van der Waals surface area (Å²) in [4.78, 5) is 10.6. The largest absolute Gasteiger partial charge is 0.385 e. The second-order valence-electron chi connectivity index (χ2n) is 5.07. The van der Waals surface area contributed by atoms with Crippen LogP contribution in [0.5, 0.6) is 0 Å². The lowest BCUT2D eigenvalue weighted by molar-refractivity contribution is 0.0115. The predicted octanol–water partition coefficient (Wildman–Crippen LogP) is 2.73. The Labute approximate surface area is 126 Å². The van der Waals surface area contributed by atoms with E-state index in [4.69, 9.17) is 0 Å². The molecular formula is C15H16BrN3O. The second kappa shape index (κ2) is 5.50. The average molecular weight is 334 g/mol. The quantitative estimate of drug-likeness (QED) is 0.918. The Hall–Kier alpha value is -1.46. The summed E-state index contributed by atoms with van der Waals surface area (Å²) >= 11 is 3.42. The van der Waals surface area contributed by atoms with Crippen LogP contribution >= 0.6 is 15.9 Å². The van der Waals surface area contributed by atoms with Crippen LogP contribution in [0.3, 0.4) is 0 Å². The Morgan fingerprint density at radius 3 is 2.25 bits per heavy atom. The molecule has 20 heavy (non-hydrogen) atoms. The highest BCUT2D eigenvalue weighted by molar-refractivity contribution is 9.10. The predicted molar refractivity (Wildman–Crippen MR) is 81.5 cm³/mol. The maximum atomic E-state index is 10.8. The number of piperidine rings is 1. The van der Waals surface area contributed by atoms with Gasteiger partial charge >= 0.3 is 0 Å². The number of benzene rings is 1. The van der Waals surface area contributed by atoms with Gasteiger partial charge in [0.05, 0.1) is 5.60 Å². The maximum absolute atomic E-state index is 10.8. The van der Waals surface area contributed by atoms with Crippen LogP contribution in [0.15, 0.2) is 47.2 Å². The van der Waals surface area contributed by atoms with E-state index >= 15 is 0 Å². The molecule has 104 valence electrons. The third-order valence-corrected chi connectivity index (χ3v) is 4.34. The van der Waals surface area contributed by atoms with Gasteiger partial charge in [-0.05, 0) is 36.6 Å². The van der Waals surface area contributed by atoms with Gasteiger partial charge in [-0.25, -0.2) is 9.97 Å². The fourth-order valence-corrected chi connectivity index (χ4v) is 2.84. The minimum atomic E-state index is -0.744. The first-order valence-electron chi connectivity index (χ1n) is 6.68. The fraction of sp³-hybridized carbons (Fsp3) is 0.333. The zero-order valence-electron chi connectivity index (χ0n) is 11.0. The molecule has 1 aliphatic heterocycles. The number of hydrogen-bond donors (Lipinski definition) is 1. The molecule has 0 spiro atoms. The zero-order valence-corrected chi connectivity index (χ0v) is 12.6. The first kappa shape index (κ1) is 13.5. The zero-order chi connectivity index (χ0) is 14.0. The number of halogens is 1. The summed E-state index contributed by atoms with van der Waals surface area (Å²) in [6, 6.07) is 9.73. The van der Waals surface area contributed by atoms with Gasteiger partial charge in [-0.3, -0.25) is 0 Å². The summed E-state index contributed by atoms with van der Waals surface area (Å²) in [6.07, 6.45) is 4.87. The molecule has 0 radical (unpaired) electrons. The molecule has 1 fully saturated rings. The van der Waals surface area contributed by atoms with E-state index < -0.39 is 5.60 Å². The van der Waals surface area contributed by atoms with Crippen LogP contribution in [0.25, 0.3) is 0 Å². The van der Waals surface area contributed by atoms with E-state index in [0.29, 0.717) is 12.8 Å². The molecule has 2 heterocycles. The van der Waals surface area contributed by atoms with Crippen molar-refractivity contribution >= 4 is 21.9 Å². The van der Waals surface area contributed by atoms with Crippen molar-refractivity contribution in [3.05, 3.63) is 52.8 Å². The van der Waals surface area contributed by atoms with Crippen LogP contribution in [-0.2, 0) is 5.60 Å². The summed E-state index contributed by atoms with van der Waals surface area (Å²) < 4.78 is 1.03. The molecule has 1 aromatic carbocycles. The Kier molecular flexibility index (Phi) is 3.72. The van der Waals surface area contributed by atoms with Gasteiger partial charge < -0.3 is 10.0 Å². The minimum Gasteiger partial charge on any atom is -0.385 e. The van der Waals surface area contributed by atoms with Crippen molar-refractivity contribution in [2.24, 2.45) is 0 Å². The van der Waals surface area contributed by atoms with Crippen LogP contribution in [-0.4, -0.2) is 28.2 Å². The van der Waals surface area contributed by atoms with Crippen molar-refractivity contribution in [3.63, 3.8) is 0 Å². The molecular weight excluding hydrogens is 318 g/mol. The first-order valence-corrected chi connectivity index (χ1v) is 7.47. The normalized spacial score (nSPS) is 18.0. The van der Waals surface area contributed by atoms with Crippen molar-refractivity contribution in [1.82, 2.24) is 9.97 Å². The third kappa shape index (κ3) is 2.69. The standard InChI is InChI=1S/C15H16BrN3O/c16-13-4-2-12(3-5-13)15(20)6-10-19(11-7-15)14-17-8-1-9-18-14/h1-5,8-9,20H,6-7,10-11H2. The lowest BCUT2D eigenvalue weighted by Gasteiger charge is -2.38. The van der Waals surface area contributed by atoms with Crippen LogP contribution < -0.4 is 4.90 Å². The molecule has 5 heteroatoms. The van der Waals surface area contributed by atoms with E-state index in [1.165, 1.54) is 0 Å². The molecule has 1 aromatic heterocycles. The van der Waals surface area contributed by atoms with Gasteiger partial charge in [-0.2, -0.15) is 0 Å². The van der Waals surface area contributed by atoms with Crippen LogP contribution in [0, 0.1) is 0 Å². The maximum Gasteiger partial charge on any atom is 0.225 e. The molecule has 0 bridgehead atoms. The van der Waals surface area contributed by atoms with E-state index in [-0.39, 0.29) is 0 Å². The van der Waals surface area contributed by atoms with E-state index in [1.54, 1.807) is 12.4 Å². The molecule has 0 saturated carbocycles. The van der Waals surface area contributed by atoms with Gasteiger partial charge in [0.1, 0.15) is 0 Å². The average Bonchev–Trinajstić information content (AvgIpc) is 2.49. The highest BCUT2D eigenvalue weighted by atomic mass is 79.9. The summed E-state index contributed by atoms with van der Waals surface area (Å²) in [7, 11) is 0. The molecule has 4 nitrogen and oxygen atoms in total. The van der Waals surface area contributed by atoms with Gasteiger partial charge in [0.25, 0.3) is 0 Å². The summed E-state index contributed by atoms with van der Waals surface area (Å²) in [5.74, 6) is 0.741. The Morgan fingerprint density at radius 1 is 1.05 bits per heavy atom. The molecule has 0 aliphatic carbocycles. The SMILES string of the molecule is OC1(c2ccc(Br)cc2)CCN(c2ncccn2)CC1. The Morgan fingerprint density at radius 2 is 1.65 bits per heavy atom. The van der Waals surface area contributed by atoms with Crippen LogP contribution in [0.2, 0.25) is 0 Å². The van der Waals surface area contributed by atoms with Gasteiger partial charge in [0.2, 0.25) is 5.95 Å². The number of hydrogen-bond acceptors (Lipinski definition) is 4. The molecule has 0 amide bonds. The molecule has 1 N–H and O–H groups in total. The van der Waals surface area contributed by atoms with Crippen LogP contribution in [0.4, 0.5) is 5.95 Å². The Bertz CT molecular complexity index is 565. The van der Waals surface area contributed by atoms with E-state index in [1.807, 2.05) is 30.3 Å². The van der Waals surface area contributed by atoms with E-state index in [2.05, 4.69) is 30.8 Å². The minimum absolute atomic E-state index is 0.687. The molecule has 1 aliphatic rings. The second-order valence-corrected chi connectivity index (χ2v) is 5.99. The molecule has 0 unspecified atom stereocenters. The molecule has 1 saturated heterocycles. The van der Waals surface area contributed by atoms with Crippen molar-refractivity contribution in [2.45, 2.75) is 18.4 Å². The van der Waals surface area contributed by atoms with Gasteiger partial charge in [0.15, 0.2) is 0 Å². The fourth-order valence-electron chi connectivity index (χ4n) is 2.58. The number of anilines is 1. The summed E-state index contributed by atoms with van der Waals surface area (Å²) in [6.45, 7) is 1.52. The summed E-state index contributed by atoms with van der Waals surface area (Å²) in [5.41, 5.74) is 0.237. The van der Waals surface area contributed by atoms with E-state index in [9.17, 15) is 5.11 Å². The monoisotopic (exact) mass is 333 g/mol. The van der Waals surface area contributed by atoms with Gasteiger partial charge in [-0.15, -0.1) is 0 Å². The number of aliphatic hydroxyl groups is 1. The van der Waals surface area contributed by atoms with Crippen molar-refractivity contribution in [2.75, 3.05) is 18.0 Å². The van der Waals surface area contributed by atoms with Gasteiger partial charge in [0, 0.05) is 30.0 Å². The molecule has 2 aromatic rings. The molecule has 0 atom stereocenters. The smallest absolute Gasteiger partial charge is 0.225 e. The highest BCUT2D eigenvalue weighted by Crippen LogP contribution is 2.34. The van der Waals surface area contributed by atoms with Gasteiger partial charge in [-0.1, -0.05) is 28.1 Å². The van der Waals surface area contributed by atoms with Crippen molar-refractivity contribution in [3.8, 4) is 0 Å². The number of aromatic nitrogens is 2. The van der Waals surface area contributed by atoms with Crippen LogP contribution in [0.1, 0.15) is 18.4 Å². The first-order chi connectivity index (χ1) is 9.67. The Balaban J connectivity index is 1.73. The van der Waals surface area contributed by atoms with Crippen molar-refractivity contribution < 1.29 is 5.11 Å². The lowest BCUT2D eigenvalue weighted by atomic mass is 9.84. The highest BCUT2D eigenvalue weighted by Gasteiger charge is 2.34. The molecule has 3 rings (SSSR count). The third-order valence-electron chi connectivity index (χ3n) is 3.81. The van der Waals surface area contributed by atoms with E-state index in [0.717, 1.165) is 29.1 Å². The topological polar surface area (TPSA) is 49.2 Å². The number of rotatable bonds is 2. The lowest BCUT2D eigenvalue weighted by Crippen LogP contribution is -2.43.